The molecule has 1 saturated carbocycles. The predicted octanol–water partition coefficient (Wildman–Crippen LogP) is 4.62. The van der Waals surface area contributed by atoms with Gasteiger partial charge in [0.1, 0.15) is 0 Å². The van der Waals surface area contributed by atoms with Gasteiger partial charge in [-0.15, -0.1) is 0 Å². The lowest BCUT2D eigenvalue weighted by Gasteiger charge is -2.32. The van der Waals surface area contributed by atoms with Gasteiger partial charge < -0.3 is 9.88 Å². The highest BCUT2D eigenvalue weighted by atomic mass is 15.2. The standard InChI is InChI=1S/C17H31N3/c1-13(2)10-17(8-6-7-9-17)12-20-11-15(5)19-16(20)18-14(3)4/h11,13-14H,6-10,12H2,1-5H3,(H,18,19). The summed E-state index contributed by atoms with van der Waals surface area (Å²) in [5.74, 6) is 1.83. The Bertz CT molecular complexity index is 425. The van der Waals surface area contributed by atoms with Gasteiger partial charge in [-0.3, -0.25) is 0 Å². The van der Waals surface area contributed by atoms with Crippen molar-refractivity contribution in [3.05, 3.63) is 11.9 Å². The molecule has 20 heavy (non-hydrogen) atoms. The molecule has 2 rings (SSSR count). The molecule has 1 aliphatic carbocycles. The zero-order chi connectivity index (χ0) is 14.8. The van der Waals surface area contributed by atoms with E-state index in [1.165, 1.54) is 32.1 Å². The van der Waals surface area contributed by atoms with E-state index in [0.29, 0.717) is 11.5 Å². The molecule has 1 aromatic rings. The summed E-state index contributed by atoms with van der Waals surface area (Å²) in [6, 6.07) is 0.431. The van der Waals surface area contributed by atoms with Gasteiger partial charge in [-0.1, -0.05) is 26.7 Å². The van der Waals surface area contributed by atoms with Gasteiger partial charge in [0.05, 0.1) is 5.69 Å². The molecule has 0 saturated heterocycles. The van der Waals surface area contributed by atoms with E-state index >= 15 is 0 Å². The first-order valence-corrected chi connectivity index (χ1v) is 8.20. The molecule has 0 spiro atoms. The first-order chi connectivity index (χ1) is 9.40. The number of aryl methyl sites for hydroxylation is 1. The van der Waals surface area contributed by atoms with E-state index in [2.05, 4.69) is 55.7 Å². The van der Waals surface area contributed by atoms with Crippen LogP contribution in [0.1, 0.15) is 65.5 Å². The molecular formula is C17H31N3. The summed E-state index contributed by atoms with van der Waals surface area (Å²) in [4.78, 5) is 4.65. The summed E-state index contributed by atoms with van der Waals surface area (Å²) in [5.41, 5.74) is 1.61. The predicted molar refractivity (Wildman–Crippen MR) is 86.1 cm³/mol. The minimum atomic E-state index is 0.431. The maximum atomic E-state index is 4.65. The zero-order valence-corrected chi connectivity index (χ0v) is 13.9. The Labute approximate surface area is 124 Å². The van der Waals surface area contributed by atoms with E-state index in [4.69, 9.17) is 0 Å². The molecule has 0 atom stereocenters. The number of nitrogens with one attached hydrogen (secondary N) is 1. The molecule has 1 fully saturated rings. The molecule has 0 bridgehead atoms. The van der Waals surface area contributed by atoms with E-state index in [0.717, 1.165) is 24.1 Å². The second kappa shape index (κ2) is 6.19. The molecule has 114 valence electrons. The molecule has 1 aromatic heterocycles. The number of aromatic nitrogens is 2. The van der Waals surface area contributed by atoms with E-state index < -0.39 is 0 Å². The van der Waals surface area contributed by atoms with E-state index in [9.17, 15) is 0 Å². The third-order valence-corrected chi connectivity index (χ3v) is 4.33. The maximum Gasteiger partial charge on any atom is 0.203 e. The van der Waals surface area contributed by atoms with Crippen molar-refractivity contribution in [2.75, 3.05) is 5.32 Å². The van der Waals surface area contributed by atoms with Gasteiger partial charge in [-0.05, 0) is 51.4 Å². The lowest BCUT2D eigenvalue weighted by molar-refractivity contribution is 0.198. The van der Waals surface area contributed by atoms with Crippen LogP contribution in [0.4, 0.5) is 5.95 Å². The molecule has 0 amide bonds. The number of anilines is 1. The third-order valence-electron chi connectivity index (χ3n) is 4.33. The highest BCUT2D eigenvalue weighted by Crippen LogP contribution is 2.45. The number of hydrogen-bond acceptors (Lipinski definition) is 2. The van der Waals surface area contributed by atoms with Crippen LogP contribution in [-0.2, 0) is 6.54 Å². The summed E-state index contributed by atoms with van der Waals surface area (Å²) in [6.45, 7) is 12.3. The number of imidazole rings is 1. The fourth-order valence-electron chi connectivity index (χ4n) is 3.82. The fraction of sp³-hybridized carbons (Fsp3) is 0.824. The van der Waals surface area contributed by atoms with Gasteiger partial charge in [-0.2, -0.15) is 0 Å². The molecular weight excluding hydrogens is 246 g/mol. The minimum Gasteiger partial charge on any atom is -0.353 e. The van der Waals surface area contributed by atoms with Crippen molar-refractivity contribution in [2.45, 2.75) is 79.3 Å². The van der Waals surface area contributed by atoms with Crippen molar-refractivity contribution in [1.82, 2.24) is 9.55 Å². The van der Waals surface area contributed by atoms with Crippen LogP contribution in [0, 0.1) is 18.3 Å². The van der Waals surface area contributed by atoms with Crippen LogP contribution >= 0.6 is 0 Å². The largest absolute Gasteiger partial charge is 0.353 e. The van der Waals surface area contributed by atoms with Crippen LogP contribution in [0.2, 0.25) is 0 Å². The first kappa shape index (κ1) is 15.4. The van der Waals surface area contributed by atoms with Crippen LogP contribution < -0.4 is 5.32 Å². The quantitative estimate of drug-likeness (QED) is 0.822. The summed E-state index contributed by atoms with van der Waals surface area (Å²) in [6.07, 6.45) is 9.10. The second-order valence-corrected chi connectivity index (χ2v) is 7.44. The molecule has 1 heterocycles. The van der Waals surface area contributed by atoms with Crippen LogP contribution in [0.15, 0.2) is 6.20 Å². The molecule has 0 aromatic carbocycles. The van der Waals surface area contributed by atoms with Crippen molar-refractivity contribution >= 4 is 5.95 Å². The highest BCUT2D eigenvalue weighted by molar-refractivity contribution is 5.30. The van der Waals surface area contributed by atoms with Crippen LogP contribution in [-0.4, -0.2) is 15.6 Å². The van der Waals surface area contributed by atoms with Crippen molar-refractivity contribution in [1.29, 1.82) is 0 Å². The summed E-state index contributed by atoms with van der Waals surface area (Å²) < 4.78 is 2.36. The Morgan fingerprint density at radius 1 is 1.25 bits per heavy atom. The molecule has 0 radical (unpaired) electrons. The smallest absolute Gasteiger partial charge is 0.203 e. The van der Waals surface area contributed by atoms with Crippen LogP contribution in [0.25, 0.3) is 0 Å². The minimum absolute atomic E-state index is 0.431. The molecule has 3 nitrogen and oxygen atoms in total. The number of nitrogens with zero attached hydrogens (tertiary/aromatic N) is 2. The topological polar surface area (TPSA) is 29.9 Å². The van der Waals surface area contributed by atoms with Gasteiger partial charge >= 0.3 is 0 Å². The summed E-state index contributed by atoms with van der Waals surface area (Å²) in [5, 5.41) is 3.49. The number of hydrogen-bond donors (Lipinski definition) is 1. The lowest BCUT2D eigenvalue weighted by atomic mass is 9.78. The Hall–Kier alpha value is -0.990. The molecule has 0 unspecified atom stereocenters. The normalized spacial score (nSPS) is 18.1. The van der Waals surface area contributed by atoms with Crippen molar-refractivity contribution in [3.8, 4) is 0 Å². The average molecular weight is 277 g/mol. The average Bonchev–Trinajstić information content (AvgIpc) is 2.86. The van der Waals surface area contributed by atoms with Gasteiger partial charge in [0, 0.05) is 18.8 Å². The van der Waals surface area contributed by atoms with Crippen molar-refractivity contribution in [2.24, 2.45) is 11.3 Å². The summed E-state index contributed by atoms with van der Waals surface area (Å²) >= 11 is 0. The van der Waals surface area contributed by atoms with Crippen LogP contribution in [0.5, 0.6) is 0 Å². The molecule has 0 aliphatic heterocycles. The van der Waals surface area contributed by atoms with Gasteiger partial charge in [0.25, 0.3) is 0 Å². The summed E-state index contributed by atoms with van der Waals surface area (Å²) in [7, 11) is 0. The zero-order valence-electron chi connectivity index (χ0n) is 13.9. The molecule has 1 aliphatic rings. The fourth-order valence-corrected chi connectivity index (χ4v) is 3.82. The Kier molecular flexibility index (Phi) is 4.77. The Morgan fingerprint density at radius 3 is 2.45 bits per heavy atom. The first-order valence-electron chi connectivity index (χ1n) is 8.20. The number of rotatable bonds is 6. The van der Waals surface area contributed by atoms with Gasteiger partial charge in [-0.25, -0.2) is 4.98 Å². The van der Waals surface area contributed by atoms with Gasteiger partial charge in [0.15, 0.2) is 0 Å². The highest BCUT2D eigenvalue weighted by Gasteiger charge is 2.35. The Morgan fingerprint density at radius 2 is 1.90 bits per heavy atom. The molecule has 3 heteroatoms. The maximum absolute atomic E-state index is 4.65. The van der Waals surface area contributed by atoms with E-state index in [-0.39, 0.29) is 0 Å². The third kappa shape index (κ3) is 3.77. The van der Waals surface area contributed by atoms with Crippen molar-refractivity contribution < 1.29 is 0 Å². The van der Waals surface area contributed by atoms with Gasteiger partial charge in [0.2, 0.25) is 5.95 Å². The van der Waals surface area contributed by atoms with Crippen LogP contribution in [0.3, 0.4) is 0 Å². The Balaban J connectivity index is 2.18. The van der Waals surface area contributed by atoms with E-state index in [1.807, 2.05) is 0 Å². The van der Waals surface area contributed by atoms with E-state index in [1.54, 1.807) is 0 Å². The second-order valence-electron chi connectivity index (χ2n) is 7.44. The lowest BCUT2D eigenvalue weighted by Crippen LogP contribution is -2.27. The van der Waals surface area contributed by atoms with Crippen molar-refractivity contribution in [3.63, 3.8) is 0 Å². The SMILES string of the molecule is Cc1cn(CC2(CC(C)C)CCCC2)c(NC(C)C)n1. The molecule has 1 N–H and O–H groups in total. The monoisotopic (exact) mass is 277 g/mol.